The number of likely N-dealkylation sites (tertiary alicyclic amines) is 1. The molecule has 294 valence electrons. The van der Waals surface area contributed by atoms with Gasteiger partial charge in [-0.15, -0.1) is 0 Å². The number of aryl methyl sites for hydroxylation is 2. The number of carboxylic acids is 2. The molecule has 1 aromatic heterocycles. The standard InChI is InChI=1S/C38H36ClF2N3O2.C4H6O6/c1-42-21-19-31(20-22-42)44(24-26-9-11-27(12-10-26)28-13-16-30(39)17-14-28)37(46)25-43-32(18-15-29-5-4-7-34(40)38(29)41)23-36(45)33-6-2-3-8-35(33)43;5-1(3(7)8)2(6)4(9)10/h2-14,16-17,23,31H,15,18-22,24-25H2,1H3;1-2,5-6H,(H,7,8)(H,9,10). The molecule has 1 fully saturated rings. The Hall–Kier alpha value is -5.47. The number of halogens is 3. The number of fused-ring (bicyclic) bond motifs is 1. The SMILES string of the molecule is CN1CCC(N(Cc2ccc(-c3ccc(Cl)cc3)cc2)C(=O)Cn2c(CCc3cccc(F)c3F)cc(=O)c3ccccc32)CC1.O=C(O)C(O)C(O)C(=O)O. The molecule has 1 aliphatic rings. The molecule has 6 rings (SSSR count). The van der Waals surface area contributed by atoms with Gasteiger partial charge in [-0.3, -0.25) is 9.59 Å². The molecule has 5 aromatic rings. The molecular formula is C42H42ClF2N3O8. The third kappa shape index (κ3) is 10.4. The van der Waals surface area contributed by atoms with Crippen molar-refractivity contribution in [3.8, 4) is 11.1 Å². The van der Waals surface area contributed by atoms with Gasteiger partial charge in [0, 0.05) is 34.8 Å². The zero-order chi connectivity index (χ0) is 40.5. The number of hydrogen-bond donors (Lipinski definition) is 4. The van der Waals surface area contributed by atoms with Gasteiger partial charge in [0.05, 0.1) is 5.52 Å². The Morgan fingerprint density at radius 2 is 1.41 bits per heavy atom. The van der Waals surface area contributed by atoms with Crippen molar-refractivity contribution in [2.45, 2.75) is 57.0 Å². The highest BCUT2D eigenvalue weighted by atomic mass is 35.5. The number of carbonyl (C=O) groups is 3. The highest BCUT2D eigenvalue weighted by molar-refractivity contribution is 6.30. The molecule has 1 aliphatic heterocycles. The van der Waals surface area contributed by atoms with Crippen molar-refractivity contribution in [3.05, 3.63) is 141 Å². The third-order valence-electron chi connectivity index (χ3n) is 9.82. The van der Waals surface area contributed by atoms with E-state index in [9.17, 15) is 28.0 Å². The van der Waals surface area contributed by atoms with Gasteiger partial charge in [-0.25, -0.2) is 18.4 Å². The number of carbonyl (C=O) groups excluding carboxylic acids is 1. The van der Waals surface area contributed by atoms with Crippen molar-refractivity contribution in [2.75, 3.05) is 20.1 Å². The Morgan fingerprint density at radius 3 is 2.02 bits per heavy atom. The molecule has 4 N–H and O–H groups in total. The molecule has 4 aromatic carbocycles. The van der Waals surface area contributed by atoms with Crippen molar-refractivity contribution in [1.29, 1.82) is 0 Å². The summed E-state index contributed by atoms with van der Waals surface area (Å²) in [6.07, 6.45) is -2.35. The van der Waals surface area contributed by atoms with Gasteiger partial charge in [0.15, 0.2) is 29.3 Å². The third-order valence-corrected chi connectivity index (χ3v) is 10.1. The van der Waals surface area contributed by atoms with Gasteiger partial charge in [-0.05, 0) is 98.4 Å². The number of hydrogen-bond acceptors (Lipinski definition) is 7. The van der Waals surface area contributed by atoms with Crippen molar-refractivity contribution >= 4 is 40.3 Å². The Labute approximate surface area is 326 Å². The number of amides is 1. The van der Waals surface area contributed by atoms with Crippen LogP contribution >= 0.6 is 11.6 Å². The molecule has 1 amide bonds. The number of aliphatic hydroxyl groups excluding tert-OH is 2. The zero-order valence-electron chi connectivity index (χ0n) is 30.5. The topological polar surface area (TPSA) is 161 Å². The molecule has 56 heavy (non-hydrogen) atoms. The molecule has 11 nitrogen and oxygen atoms in total. The lowest BCUT2D eigenvalue weighted by atomic mass is 10.0. The first-order valence-corrected chi connectivity index (χ1v) is 18.3. The van der Waals surface area contributed by atoms with Gasteiger partial charge >= 0.3 is 11.9 Å². The second kappa shape index (κ2) is 18.9. The number of rotatable bonds is 12. The number of benzene rings is 4. The number of aliphatic carboxylic acids is 2. The summed E-state index contributed by atoms with van der Waals surface area (Å²) in [6, 6.07) is 28.9. The normalized spacial score (nSPS) is 14.4. The second-order valence-corrected chi connectivity index (χ2v) is 14.1. The van der Waals surface area contributed by atoms with Gasteiger partial charge in [-0.1, -0.05) is 72.3 Å². The summed E-state index contributed by atoms with van der Waals surface area (Å²) in [5, 5.41) is 33.7. The maximum atomic E-state index is 14.5. The van der Waals surface area contributed by atoms with Gasteiger partial charge in [-0.2, -0.15) is 0 Å². The first-order chi connectivity index (χ1) is 26.7. The number of aliphatic hydroxyl groups is 2. The van der Waals surface area contributed by atoms with E-state index in [2.05, 4.69) is 36.2 Å². The molecule has 0 saturated carbocycles. The Bertz CT molecular complexity index is 2210. The summed E-state index contributed by atoms with van der Waals surface area (Å²) in [7, 11) is 2.10. The monoisotopic (exact) mass is 789 g/mol. The number of para-hydroxylation sites is 1. The van der Waals surface area contributed by atoms with Crippen LogP contribution < -0.4 is 5.43 Å². The maximum Gasteiger partial charge on any atom is 0.335 e. The van der Waals surface area contributed by atoms with Crippen molar-refractivity contribution in [2.24, 2.45) is 0 Å². The minimum atomic E-state index is -2.27. The predicted octanol–water partition coefficient (Wildman–Crippen LogP) is 5.39. The van der Waals surface area contributed by atoms with Crippen LogP contribution in [-0.2, 0) is 40.3 Å². The second-order valence-electron chi connectivity index (χ2n) is 13.6. The van der Waals surface area contributed by atoms with Crippen molar-refractivity contribution in [1.82, 2.24) is 14.4 Å². The molecule has 2 unspecified atom stereocenters. The van der Waals surface area contributed by atoms with E-state index in [1.54, 1.807) is 18.2 Å². The lowest BCUT2D eigenvalue weighted by molar-refractivity contribution is -0.165. The molecular weight excluding hydrogens is 748 g/mol. The fraction of sp³-hybridized carbons (Fsp3) is 0.286. The van der Waals surface area contributed by atoms with Crippen LogP contribution in [0.4, 0.5) is 8.78 Å². The molecule has 0 aliphatic carbocycles. The maximum absolute atomic E-state index is 14.5. The average Bonchev–Trinajstić information content (AvgIpc) is 3.19. The predicted molar refractivity (Wildman–Crippen MR) is 207 cm³/mol. The number of piperidine rings is 1. The van der Waals surface area contributed by atoms with Gasteiger partial charge < -0.3 is 34.8 Å². The lowest BCUT2D eigenvalue weighted by Crippen LogP contribution is -2.47. The fourth-order valence-corrected chi connectivity index (χ4v) is 6.77. The largest absolute Gasteiger partial charge is 0.479 e. The number of carboxylic acid groups (broad SMARTS) is 2. The van der Waals surface area contributed by atoms with Gasteiger partial charge in [0.25, 0.3) is 0 Å². The van der Waals surface area contributed by atoms with E-state index in [1.807, 2.05) is 45.9 Å². The minimum absolute atomic E-state index is 0.0248. The van der Waals surface area contributed by atoms with E-state index in [1.165, 1.54) is 12.1 Å². The number of pyridine rings is 1. The first-order valence-electron chi connectivity index (χ1n) is 17.9. The number of aromatic nitrogens is 1. The average molecular weight is 790 g/mol. The highest BCUT2D eigenvalue weighted by Gasteiger charge is 2.30. The van der Waals surface area contributed by atoms with Crippen molar-refractivity contribution < 1.29 is 43.6 Å². The van der Waals surface area contributed by atoms with E-state index in [-0.39, 0.29) is 42.3 Å². The Morgan fingerprint density at radius 1 is 0.821 bits per heavy atom. The Kier molecular flexibility index (Phi) is 14.1. The van der Waals surface area contributed by atoms with E-state index in [4.69, 9.17) is 32.0 Å². The van der Waals surface area contributed by atoms with E-state index < -0.39 is 35.8 Å². The van der Waals surface area contributed by atoms with E-state index in [0.717, 1.165) is 48.7 Å². The molecule has 0 bridgehead atoms. The van der Waals surface area contributed by atoms with Crippen LogP contribution in [0, 0.1) is 11.6 Å². The lowest BCUT2D eigenvalue weighted by Gasteiger charge is -2.38. The van der Waals surface area contributed by atoms with Gasteiger partial charge in [0.2, 0.25) is 5.91 Å². The van der Waals surface area contributed by atoms with Gasteiger partial charge in [0.1, 0.15) is 6.54 Å². The number of nitrogens with zero attached hydrogens (tertiary/aromatic N) is 3. The van der Waals surface area contributed by atoms with Crippen molar-refractivity contribution in [3.63, 3.8) is 0 Å². The van der Waals surface area contributed by atoms with Crippen LogP contribution in [0.3, 0.4) is 0 Å². The van der Waals surface area contributed by atoms with Crippen LogP contribution in [-0.4, -0.2) is 91.0 Å². The summed E-state index contributed by atoms with van der Waals surface area (Å²) in [6.45, 7) is 2.28. The van der Waals surface area contributed by atoms with Crippen LogP contribution in [0.5, 0.6) is 0 Å². The highest BCUT2D eigenvalue weighted by Crippen LogP contribution is 2.25. The molecule has 2 atom stereocenters. The van der Waals surface area contributed by atoms with E-state index >= 15 is 0 Å². The summed E-state index contributed by atoms with van der Waals surface area (Å²) < 4.78 is 30.3. The van der Waals surface area contributed by atoms with Crippen LogP contribution in [0.25, 0.3) is 22.0 Å². The zero-order valence-corrected chi connectivity index (χ0v) is 31.3. The van der Waals surface area contributed by atoms with Crippen LogP contribution in [0.15, 0.2) is 102 Å². The molecule has 1 saturated heterocycles. The summed E-state index contributed by atoms with van der Waals surface area (Å²) in [5.41, 5.74) is 4.48. The summed E-state index contributed by atoms with van der Waals surface area (Å²) in [4.78, 5) is 51.3. The van der Waals surface area contributed by atoms with Crippen LogP contribution in [0.1, 0.15) is 29.7 Å². The molecule has 14 heteroatoms. The molecule has 0 spiro atoms. The Balaban J connectivity index is 0.000000530. The summed E-state index contributed by atoms with van der Waals surface area (Å²) in [5.74, 6) is -5.38. The first kappa shape index (κ1) is 41.7. The molecule has 0 radical (unpaired) electrons. The smallest absolute Gasteiger partial charge is 0.335 e. The minimum Gasteiger partial charge on any atom is -0.479 e. The fourth-order valence-electron chi connectivity index (χ4n) is 6.64. The van der Waals surface area contributed by atoms with E-state index in [0.29, 0.717) is 28.2 Å². The van der Waals surface area contributed by atoms with Crippen LogP contribution in [0.2, 0.25) is 5.02 Å². The molecule has 2 heterocycles. The quantitative estimate of drug-likeness (QED) is 0.130. The summed E-state index contributed by atoms with van der Waals surface area (Å²) >= 11 is 6.07.